The van der Waals surface area contributed by atoms with Gasteiger partial charge in [0.25, 0.3) is 5.91 Å². The maximum atomic E-state index is 13.0. The van der Waals surface area contributed by atoms with E-state index in [1.807, 2.05) is 0 Å². The molecule has 0 unspecified atom stereocenters. The third-order valence-electron chi connectivity index (χ3n) is 4.10. The van der Waals surface area contributed by atoms with Crippen molar-refractivity contribution < 1.29 is 18.7 Å². The van der Waals surface area contributed by atoms with Crippen molar-refractivity contribution in [1.29, 1.82) is 0 Å². The summed E-state index contributed by atoms with van der Waals surface area (Å²) in [6.45, 7) is 3.25. The third kappa shape index (κ3) is 4.56. The Hall–Kier alpha value is -3.62. The molecule has 1 heterocycles. The van der Waals surface area contributed by atoms with Crippen LogP contribution in [0.1, 0.15) is 35.8 Å². The van der Waals surface area contributed by atoms with E-state index in [2.05, 4.69) is 20.8 Å². The van der Waals surface area contributed by atoms with Crippen LogP contribution in [0.15, 0.2) is 54.9 Å². The maximum absolute atomic E-state index is 13.0. The molecule has 2 aromatic carbocycles. The Bertz CT molecular complexity index is 943. The monoisotopic (exact) mass is 383 g/mol. The summed E-state index contributed by atoms with van der Waals surface area (Å²) in [5, 5.41) is 13.6. The van der Waals surface area contributed by atoms with Crippen LogP contribution in [0.25, 0.3) is 5.69 Å². The minimum Gasteiger partial charge on any atom is -0.449 e. The highest BCUT2D eigenvalue weighted by atomic mass is 19.1. The molecule has 9 heteroatoms. The molecule has 0 bridgehead atoms. The van der Waals surface area contributed by atoms with E-state index < -0.39 is 18.0 Å². The zero-order valence-electron chi connectivity index (χ0n) is 15.2. The molecule has 3 aromatic rings. The van der Waals surface area contributed by atoms with Gasteiger partial charge in [0, 0.05) is 0 Å². The molecule has 0 fully saturated rings. The Balaban J connectivity index is 1.57. The second-order valence-corrected chi connectivity index (χ2v) is 6.13. The van der Waals surface area contributed by atoms with Gasteiger partial charge in [-0.2, -0.15) is 0 Å². The second-order valence-electron chi connectivity index (χ2n) is 6.13. The summed E-state index contributed by atoms with van der Waals surface area (Å²) in [7, 11) is 0. The van der Waals surface area contributed by atoms with Crippen LogP contribution in [0, 0.1) is 5.82 Å². The molecule has 1 amide bonds. The average molecular weight is 383 g/mol. The lowest BCUT2D eigenvalue weighted by Gasteiger charge is -2.18. The van der Waals surface area contributed by atoms with Crippen LogP contribution in [0.2, 0.25) is 0 Å². The van der Waals surface area contributed by atoms with Gasteiger partial charge in [0.05, 0.1) is 17.3 Å². The molecule has 0 aliphatic heterocycles. The minimum absolute atomic E-state index is 0.294. The number of rotatable bonds is 6. The van der Waals surface area contributed by atoms with Crippen molar-refractivity contribution in [2.45, 2.75) is 26.0 Å². The van der Waals surface area contributed by atoms with Gasteiger partial charge in [-0.25, -0.2) is 13.9 Å². The zero-order chi connectivity index (χ0) is 20.1. The van der Waals surface area contributed by atoms with Crippen molar-refractivity contribution in [3.63, 3.8) is 0 Å². The van der Waals surface area contributed by atoms with Crippen molar-refractivity contribution in [3.05, 3.63) is 71.8 Å². The van der Waals surface area contributed by atoms with Gasteiger partial charge in [-0.15, -0.1) is 5.10 Å². The summed E-state index contributed by atoms with van der Waals surface area (Å²) in [5.74, 6) is -1.42. The summed E-state index contributed by atoms with van der Waals surface area (Å²) < 4.78 is 19.7. The smallest absolute Gasteiger partial charge is 0.338 e. The number of esters is 1. The standard InChI is InChI=1S/C19H18FN5O3/c1-12(14-3-7-16(20)8-4-14)22-18(26)13(2)28-19(27)15-5-9-17(10-6-15)25-11-21-23-24-25/h3-13H,1-2H3,(H,22,26)/t12-,13-/m1/s1. The normalized spacial score (nSPS) is 12.8. The highest BCUT2D eigenvalue weighted by molar-refractivity contribution is 5.92. The highest BCUT2D eigenvalue weighted by Gasteiger charge is 2.21. The fourth-order valence-corrected chi connectivity index (χ4v) is 2.48. The maximum Gasteiger partial charge on any atom is 0.338 e. The van der Waals surface area contributed by atoms with E-state index in [-0.39, 0.29) is 11.9 Å². The predicted octanol–water partition coefficient (Wildman–Crippen LogP) is 2.22. The van der Waals surface area contributed by atoms with Crippen LogP contribution in [0.5, 0.6) is 0 Å². The van der Waals surface area contributed by atoms with Gasteiger partial charge in [0.1, 0.15) is 12.1 Å². The summed E-state index contributed by atoms with van der Waals surface area (Å²) in [4.78, 5) is 24.5. The number of hydrogen-bond donors (Lipinski definition) is 1. The average Bonchev–Trinajstić information content (AvgIpc) is 3.23. The quantitative estimate of drug-likeness (QED) is 0.656. The Labute approximate surface area is 160 Å². The van der Waals surface area contributed by atoms with Gasteiger partial charge in [0.2, 0.25) is 0 Å². The Kier molecular flexibility index (Phi) is 5.73. The zero-order valence-corrected chi connectivity index (χ0v) is 15.2. The van der Waals surface area contributed by atoms with E-state index in [1.54, 1.807) is 43.3 Å². The molecule has 0 saturated carbocycles. The third-order valence-corrected chi connectivity index (χ3v) is 4.10. The molecular formula is C19H18FN5O3. The SMILES string of the molecule is C[C@@H](OC(=O)c1ccc(-n2cnnn2)cc1)C(=O)N[C@H](C)c1ccc(F)cc1. The molecule has 0 spiro atoms. The number of halogens is 1. The molecular weight excluding hydrogens is 365 g/mol. The van der Waals surface area contributed by atoms with Crippen LogP contribution in [0.3, 0.4) is 0 Å². The number of carbonyl (C=O) groups is 2. The molecule has 0 aliphatic carbocycles. The summed E-state index contributed by atoms with van der Waals surface area (Å²) in [6.07, 6.45) is 0.441. The van der Waals surface area contributed by atoms with Crippen molar-refractivity contribution >= 4 is 11.9 Å². The van der Waals surface area contributed by atoms with Gasteiger partial charge in [-0.3, -0.25) is 4.79 Å². The lowest BCUT2D eigenvalue weighted by atomic mass is 10.1. The van der Waals surface area contributed by atoms with Crippen LogP contribution >= 0.6 is 0 Å². The molecule has 144 valence electrons. The molecule has 0 saturated heterocycles. The summed E-state index contributed by atoms with van der Waals surface area (Å²) in [5.41, 5.74) is 1.72. The first-order chi connectivity index (χ1) is 13.4. The lowest BCUT2D eigenvalue weighted by Crippen LogP contribution is -2.37. The first-order valence-corrected chi connectivity index (χ1v) is 8.54. The lowest BCUT2D eigenvalue weighted by molar-refractivity contribution is -0.129. The predicted molar refractivity (Wildman–Crippen MR) is 97.0 cm³/mol. The fraction of sp³-hybridized carbons (Fsp3) is 0.211. The van der Waals surface area contributed by atoms with Gasteiger partial charge >= 0.3 is 5.97 Å². The first-order valence-electron chi connectivity index (χ1n) is 8.54. The largest absolute Gasteiger partial charge is 0.449 e. The Morgan fingerprint density at radius 1 is 1.07 bits per heavy atom. The van der Waals surface area contributed by atoms with E-state index >= 15 is 0 Å². The van der Waals surface area contributed by atoms with E-state index in [4.69, 9.17) is 4.74 Å². The van der Waals surface area contributed by atoms with Crippen molar-refractivity contribution in [3.8, 4) is 5.69 Å². The van der Waals surface area contributed by atoms with Crippen LogP contribution in [-0.4, -0.2) is 38.2 Å². The molecule has 3 rings (SSSR count). The Morgan fingerprint density at radius 2 is 1.75 bits per heavy atom. The number of tetrazole rings is 1. The first kappa shape index (κ1) is 19.2. The van der Waals surface area contributed by atoms with E-state index in [1.165, 1.54) is 30.1 Å². The molecule has 0 radical (unpaired) electrons. The summed E-state index contributed by atoms with van der Waals surface area (Å²) in [6, 6.07) is 11.9. The van der Waals surface area contributed by atoms with Gasteiger partial charge in [-0.05, 0) is 66.2 Å². The van der Waals surface area contributed by atoms with Gasteiger partial charge in [0.15, 0.2) is 6.10 Å². The number of carbonyl (C=O) groups excluding carboxylic acids is 2. The number of aromatic nitrogens is 4. The molecule has 1 N–H and O–H groups in total. The van der Waals surface area contributed by atoms with Crippen LogP contribution < -0.4 is 5.32 Å². The van der Waals surface area contributed by atoms with Crippen molar-refractivity contribution in [2.24, 2.45) is 0 Å². The van der Waals surface area contributed by atoms with Gasteiger partial charge < -0.3 is 10.1 Å². The summed E-state index contributed by atoms with van der Waals surface area (Å²) >= 11 is 0. The van der Waals surface area contributed by atoms with Gasteiger partial charge in [-0.1, -0.05) is 12.1 Å². The van der Waals surface area contributed by atoms with Crippen molar-refractivity contribution in [2.75, 3.05) is 0 Å². The fourth-order valence-electron chi connectivity index (χ4n) is 2.48. The molecule has 28 heavy (non-hydrogen) atoms. The van der Waals surface area contributed by atoms with E-state index in [9.17, 15) is 14.0 Å². The number of nitrogens with zero attached hydrogens (tertiary/aromatic N) is 4. The van der Waals surface area contributed by atoms with E-state index in [0.29, 0.717) is 11.3 Å². The van der Waals surface area contributed by atoms with Crippen LogP contribution in [-0.2, 0) is 9.53 Å². The second kappa shape index (κ2) is 8.38. The number of hydrogen-bond acceptors (Lipinski definition) is 6. The molecule has 0 aliphatic rings. The van der Waals surface area contributed by atoms with E-state index in [0.717, 1.165) is 5.56 Å². The molecule has 1 aromatic heterocycles. The number of benzene rings is 2. The Morgan fingerprint density at radius 3 is 2.36 bits per heavy atom. The number of ether oxygens (including phenoxy) is 1. The highest BCUT2D eigenvalue weighted by Crippen LogP contribution is 2.14. The topological polar surface area (TPSA) is 99.0 Å². The molecule has 8 nitrogen and oxygen atoms in total. The minimum atomic E-state index is -0.991. The molecule has 2 atom stereocenters. The number of amides is 1. The van der Waals surface area contributed by atoms with Crippen LogP contribution in [0.4, 0.5) is 4.39 Å². The number of nitrogens with one attached hydrogen (secondary N) is 1. The van der Waals surface area contributed by atoms with Crippen molar-refractivity contribution in [1.82, 2.24) is 25.5 Å².